The molecule has 0 aliphatic carbocycles. The van der Waals surface area contributed by atoms with E-state index in [1.54, 1.807) is 23.5 Å². The zero-order valence-electron chi connectivity index (χ0n) is 17.2. The summed E-state index contributed by atoms with van der Waals surface area (Å²) in [7, 11) is 0. The van der Waals surface area contributed by atoms with Gasteiger partial charge in [0.05, 0.1) is 5.69 Å². The lowest BCUT2D eigenvalue weighted by Crippen LogP contribution is -2.46. The predicted molar refractivity (Wildman–Crippen MR) is 131 cm³/mol. The van der Waals surface area contributed by atoms with Gasteiger partial charge in [0, 0.05) is 58.4 Å². The van der Waals surface area contributed by atoms with Crippen molar-refractivity contribution in [2.24, 2.45) is 0 Å². The van der Waals surface area contributed by atoms with E-state index < -0.39 is 0 Å². The Morgan fingerprint density at radius 2 is 1.84 bits per heavy atom. The monoisotopic (exact) mass is 504 g/mol. The van der Waals surface area contributed by atoms with Crippen molar-refractivity contribution in [1.82, 2.24) is 10.2 Å². The van der Waals surface area contributed by atoms with Gasteiger partial charge in [-0.3, -0.25) is 4.90 Å². The van der Waals surface area contributed by atoms with Crippen LogP contribution in [0, 0.1) is 5.82 Å². The molecule has 0 saturated carbocycles. The second-order valence-corrected chi connectivity index (χ2v) is 9.51. The molecule has 0 bridgehead atoms. The standard InChI is InChI=1S/C23H26BrFN4OS/c24-17-3-6-19(7-4-17)27-23(30)26-9-1-2-10-28-11-13-29(14-12-28)21-16-31-22-15-18(25)5-8-20(21)22/h3-8,15-16H,1-2,9-14H2,(H2,26,27,30). The van der Waals surface area contributed by atoms with Crippen LogP contribution in [0.2, 0.25) is 0 Å². The second-order valence-electron chi connectivity index (χ2n) is 7.69. The molecule has 3 aromatic rings. The van der Waals surface area contributed by atoms with Crippen molar-refractivity contribution in [2.45, 2.75) is 12.8 Å². The number of rotatable bonds is 7. The van der Waals surface area contributed by atoms with Crippen molar-refractivity contribution in [2.75, 3.05) is 49.5 Å². The third kappa shape index (κ3) is 5.96. The zero-order chi connectivity index (χ0) is 21.6. The highest BCUT2D eigenvalue weighted by atomic mass is 79.9. The summed E-state index contributed by atoms with van der Waals surface area (Å²) in [4.78, 5) is 16.8. The summed E-state index contributed by atoms with van der Waals surface area (Å²) in [6, 6.07) is 12.4. The van der Waals surface area contributed by atoms with E-state index in [0.717, 1.165) is 65.8 Å². The molecule has 31 heavy (non-hydrogen) atoms. The maximum atomic E-state index is 13.4. The van der Waals surface area contributed by atoms with Crippen molar-refractivity contribution in [3.8, 4) is 0 Å². The summed E-state index contributed by atoms with van der Waals surface area (Å²) >= 11 is 4.99. The number of nitrogens with zero attached hydrogens (tertiary/aromatic N) is 2. The number of carbonyl (C=O) groups excluding carboxylic acids is 1. The number of amides is 2. The van der Waals surface area contributed by atoms with Crippen LogP contribution in [0.1, 0.15) is 12.8 Å². The first-order valence-electron chi connectivity index (χ1n) is 10.5. The minimum absolute atomic E-state index is 0.168. The molecule has 164 valence electrons. The zero-order valence-corrected chi connectivity index (χ0v) is 19.6. The fraction of sp³-hybridized carbons (Fsp3) is 0.348. The molecule has 4 rings (SSSR count). The first-order chi connectivity index (χ1) is 15.1. The predicted octanol–water partition coefficient (Wildman–Crippen LogP) is 5.53. The molecule has 8 heteroatoms. The van der Waals surface area contributed by atoms with E-state index >= 15 is 0 Å². The van der Waals surface area contributed by atoms with E-state index in [1.165, 1.54) is 5.69 Å². The summed E-state index contributed by atoms with van der Waals surface area (Å²) in [5.74, 6) is -0.175. The van der Waals surface area contributed by atoms with Gasteiger partial charge in [0.25, 0.3) is 0 Å². The number of thiophene rings is 1. The lowest BCUT2D eigenvalue weighted by molar-refractivity contribution is 0.247. The Morgan fingerprint density at radius 3 is 2.61 bits per heavy atom. The van der Waals surface area contributed by atoms with E-state index in [-0.39, 0.29) is 11.8 Å². The minimum Gasteiger partial charge on any atom is -0.368 e. The summed E-state index contributed by atoms with van der Waals surface area (Å²) in [5.41, 5.74) is 2.00. The Hall–Kier alpha value is -2.16. The molecule has 2 N–H and O–H groups in total. The molecule has 1 saturated heterocycles. The fourth-order valence-corrected chi connectivity index (χ4v) is 5.08. The molecular formula is C23H26BrFN4OS. The molecule has 0 spiro atoms. The van der Waals surface area contributed by atoms with E-state index in [9.17, 15) is 9.18 Å². The van der Waals surface area contributed by atoms with Crippen molar-refractivity contribution in [3.63, 3.8) is 0 Å². The van der Waals surface area contributed by atoms with Crippen LogP contribution in [0.4, 0.5) is 20.6 Å². The SMILES string of the molecule is O=C(NCCCCN1CCN(c2csc3cc(F)ccc23)CC1)Nc1ccc(Br)cc1. The van der Waals surface area contributed by atoms with Crippen LogP contribution < -0.4 is 15.5 Å². The Bertz CT molecular complexity index is 1020. The van der Waals surface area contributed by atoms with Crippen molar-refractivity contribution < 1.29 is 9.18 Å². The summed E-state index contributed by atoms with van der Waals surface area (Å²) < 4.78 is 15.4. The number of unbranched alkanes of at least 4 members (excludes halogenated alkanes) is 1. The van der Waals surface area contributed by atoms with Gasteiger partial charge in [0.1, 0.15) is 5.82 Å². The molecule has 1 fully saturated rings. The largest absolute Gasteiger partial charge is 0.368 e. The smallest absolute Gasteiger partial charge is 0.319 e. The van der Waals surface area contributed by atoms with E-state index in [1.807, 2.05) is 30.3 Å². The molecule has 2 heterocycles. The molecule has 5 nitrogen and oxygen atoms in total. The number of hydrogen-bond acceptors (Lipinski definition) is 4. The number of halogens is 2. The highest BCUT2D eigenvalue weighted by molar-refractivity contribution is 9.10. The second kappa shape index (κ2) is 10.4. The molecule has 0 atom stereocenters. The van der Waals surface area contributed by atoms with Crippen LogP contribution in [-0.4, -0.2) is 50.2 Å². The molecule has 0 radical (unpaired) electrons. The number of urea groups is 1. The van der Waals surface area contributed by atoms with Gasteiger partial charge in [0.2, 0.25) is 0 Å². The maximum Gasteiger partial charge on any atom is 0.319 e. The first kappa shape index (κ1) is 22.0. The lowest BCUT2D eigenvalue weighted by atomic mass is 10.2. The summed E-state index contributed by atoms with van der Waals surface area (Å²) in [6.45, 7) is 5.72. The Labute approximate surface area is 194 Å². The minimum atomic E-state index is -0.175. The Morgan fingerprint density at radius 1 is 1.06 bits per heavy atom. The van der Waals surface area contributed by atoms with Crippen LogP contribution in [0.15, 0.2) is 52.3 Å². The molecule has 0 unspecified atom stereocenters. The number of anilines is 2. The van der Waals surface area contributed by atoms with Gasteiger partial charge in [-0.15, -0.1) is 11.3 Å². The van der Waals surface area contributed by atoms with Crippen LogP contribution >= 0.6 is 27.3 Å². The Balaban J connectivity index is 1.13. The van der Waals surface area contributed by atoms with Gasteiger partial charge >= 0.3 is 6.03 Å². The Kier molecular flexibility index (Phi) is 7.42. The van der Waals surface area contributed by atoms with Crippen LogP contribution in [0.3, 0.4) is 0 Å². The van der Waals surface area contributed by atoms with E-state index in [0.29, 0.717) is 6.54 Å². The van der Waals surface area contributed by atoms with Crippen molar-refractivity contribution in [3.05, 3.63) is 58.1 Å². The maximum absolute atomic E-state index is 13.4. The van der Waals surface area contributed by atoms with Gasteiger partial charge < -0.3 is 15.5 Å². The highest BCUT2D eigenvalue weighted by Gasteiger charge is 2.19. The molecule has 2 amide bonds. The first-order valence-corrected chi connectivity index (χ1v) is 12.2. The van der Waals surface area contributed by atoms with Crippen molar-refractivity contribution in [1.29, 1.82) is 0 Å². The highest BCUT2D eigenvalue weighted by Crippen LogP contribution is 2.34. The number of carbonyl (C=O) groups is 1. The van der Waals surface area contributed by atoms with Gasteiger partial charge in [0.15, 0.2) is 0 Å². The number of benzene rings is 2. The molecule has 1 aromatic heterocycles. The van der Waals surface area contributed by atoms with Crippen molar-refractivity contribution >= 4 is 54.8 Å². The quantitative estimate of drug-likeness (QED) is 0.416. The molecule has 1 aliphatic rings. The lowest BCUT2D eigenvalue weighted by Gasteiger charge is -2.35. The fourth-order valence-electron chi connectivity index (χ4n) is 3.82. The van der Waals surface area contributed by atoms with Gasteiger partial charge in [-0.05, 0) is 61.9 Å². The number of hydrogen-bond donors (Lipinski definition) is 2. The number of nitrogens with one attached hydrogen (secondary N) is 2. The molecule has 1 aliphatic heterocycles. The third-order valence-corrected chi connectivity index (χ3v) is 6.98. The number of piperazine rings is 1. The van der Waals surface area contributed by atoms with Gasteiger partial charge in [-0.1, -0.05) is 15.9 Å². The third-order valence-electron chi connectivity index (χ3n) is 5.52. The van der Waals surface area contributed by atoms with Crippen LogP contribution in [-0.2, 0) is 0 Å². The topological polar surface area (TPSA) is 47.6 Å². The molecular weight excluding hydrogens is 479 g/mol. The summed E-state index contributed by atoms with van der Waals surface area (Å²) in [6.07, 6.45) is 2.01. The van der Waals surface area contributed by atoms with E-state index in [2.05, 4.69) is 41.7 Å². The summed E-state index contributed by atoms with van der Waals surface area (Å²) in [5, 5.41) is 9.04. The number of fused-ring (bicyclic) bond motifs is 1. The average Bonchev–Trinajstić information content (AvgIpc) is 3.18. The normalized spacial score (nSPS) is 14.7. The van der Waals surface area contributed by atoms with E-state index in [4.69, 9.17) is 0 Å². The van der Waals surface area contributed by atoms with Crippen LogP contribution in [0.5, 0.6) is 0 Å². The average molecular weight is 505 g/mol. The van der Waals surface area contributed by atoms with Gasteiger partial charge in [-0.25, -0.2) is 9.18 Å². The van der Waals surface area contributed by atoms with Crippen LogP contribution in [0.25, 0.3) is 10.1 Å². The molecule has 2 aromatic carbocycles. The van der Waals surface area contributed by atoms with Gasteiger partial charge in [-0.2, -0.15) is 0 Å².